The van der Waals surface area contributed by atoms with E-state index < -0.39 is 11.5 Å². The molecule has 1 heterocycles. The van der Waals surface area contributed by atoms with Crippen molar-refractivity contribution in [3.05, 3.63) is 36.0 Å². The third-order valence-corrected chi connectivity index (χ3v) is 3.49. The minimum Gasteiger partial charge on any atom is -0.480 e. The summed E-state index contributed by atoms with van der Waals surface area (Å²) in [6.07, 6.45) is 1.75. The molecule has 2 rings (SSSR count). The topological polar surface area (TPSA) is 73.4 Å². The number of benzene rings is 1. The first-order chi connectivity index (χ1) is 8.85. The molecule has 0 aliphatic heterocycles. The maximum Gasteiger partial charge on any atom is 0.329 e. The fourth-order valence-corrected chi connectivity index (χ4v) is 1.85. The van der Waals surface area contributed by atoms with Crippen molar-refractivity contribution in [3.8, 4) is 0 Å². The summed E-state index contributed by atoms with van der Waals surface area (Å²) in [5, 5.41) is 9.97. The number of hydrogen-bond acceptors (Lipinski definition) is 2. The molecule has 19 heavy (non-hydrogen) atoms. The molecule has 0 bridgehead atoms. The predicted molar refractivity (Wildman–Crippen MR) is 72.1 cm³/mol. The SMILES string of the molecule is CN(C(=O)c1cccc2[nH]ccc12)C(C)(C)C(=O)O. The van der Waals surface area contributed by atoms with E-state index in [0.29, 0.717) is 5.56 Å². The lowest BCUT2D eigenvalue weighted by atomic mass is 10.0. The number of fused-ring (bicyclic) bond motifs is 1. The largest absolute Gasteiger partial charge is 0.480 e. The first kappa shape index (κ1) is 13.1. The number of aliphatic carboxylic acids is 1. The summed E-state index contributed by atoms with van der Waals surface area (Å²) in [5.41, 5.74) is 0.0955. The lowest BCUT2D eigenvalue weighted by Crippen LogP contribution is -2.50. The second-order valence-corrected chi connectivity index (χ2v) is 4.97. The van der Waals surface area contributed by atoms with Gasteiger partial charge in [0, 0.05) is 29.7 Å². The molecule has 1 amide bonds. The van der Waals surface area contributed by atoms with Crippen LogP contribution in [0.1, 0.15) is 24.2 Å². The molecule has 5 heteroatoms. The Balaban J connectivity index is 2.45. The molecule has 1 aromatic carbocycles. The van der Waals surface area contributed by atoms with Crippen LogP contribution in [-0.2, 0) is 4.79 Å². The molecule has 2 N–H and O–H groups in total. The lowest BCUT2D eigenvalue weighted by Gasteiger charge is -2.31. The molecule has 0 atom stereocenters. The maximum absolute atomic E-state index is 12.5. The Morgan fingerprint density at radius 1 is 1.26 bits per heavy atom. The Hall–Kier alpha value is -2.30. The van der Waals surface area contributed by atoms with Crippen LogP contribution in [-0.4, -0.2) is 39.5 Å². The second-order valence-electron chi connectivity index (χ2n) is 4.97. The summed E-state index contributed by atoms with van der Waals surface area (Å²) in [7, 11) is 1.50. The number of carbonyl (C=O) groups excluding carboxylic acids is 1. The molecular formula is C14H16N2O3. The summed E-state index contributed by atoms with van der Waals surface area (Å²) in [6, 6.07) is 7.15. The molecule has 0 spiro atoms. The third kappa shape index (κ3) is 2.07. The summed E-state index contributed by atoms with van der Waals surface area (Å²) in [5.74, 6) is -1.35. The lowest BCUT2D eigenvalue weighted by molar-refractivity contribution is -0.147. The molecule has 0 unspecified atom stereocenters. The zero-order valence-electron chi connectivity index (χ0n) is 11.1. The van der Waals surface area contributed by atoms with Crippen molar-refractivity contribution in [1.82, 2.24) is 9.88 Å². The molecule has 100 valence electrons. The zero-order valence-corrected chi connectivity index (χ0v) is 11.1. The average molecular weight is 260 g/mol. The van der Waals surface area contributed by atoms with Gasteiger partial charge in [-0.3, -0.25) is 4.79 Å². The van der Waals surface area contributed by atoms with E-state index >= 15 is 0 Å². The van der Waals surface area contributed by atoms with Gasteiger partial charge >= 0.3 is 5.97 Å². The van der Waals surface area contributed by atoms with E-state index in [9.17, 15) is 14.7 Å². The van der Waals surface area contributed by atoms with E-state index in [1.165, 1.54) is 25.8 Å². The van der Waals surface area contributed by atoms with Gasteiger partial charge < -0.3 is 15.0 Å². The fourth-order valence-electron chi connectivity index (χ4n) is 1.85. The van der Waals surface area contributed by atoms with Crippen molar-refractivity contribution in [1.29, 1.82) is 0 Å². The monoisotopic (exact) mass is 260 g/mol. The Labute approximate surface area is 110 Å². The van der Waals surface area contributed by atoms with Crippen molar-refractivity contribution in [2.45, 2.75) is 19.4 Å². The zero-order chi connectivity index (χ0) is 14.2. The van der Waals surface area contributed by atoms with Crippen molar-refractivity contribution in [2.75, 3.05) is 7.05 Å². The van der Waals surface area contributed by atoms with Crippen LogP contribution in [0.3, 0.4) is 0 Å². The Bertz CT molecular complexity index is 643. The third-order valence-electron chi connectivity index (χ3n) is 3.49. The summed E-state index contributed by atoms with van der Waals surface area (Å²) in [6.45, 7) is 3.01. The number of aromatic amines is 1. The fraction of sp³-hybridized carbons (Fsp3) is 0.286. The minimum absolute atomic E-state index is 0.308. The molecule has 0 aliphatic carbocycles. The number of amides is 1. The van der Waals surface area contributed by atoms with E-state index in [1.807, 2.05) is 12.1 Å². The molecule has 1 aromatic heterocycles. The number of carbonyl (C=O) groups is 2. The number of nitrogens with one attached hydrogen (secondary N) is 1. The van der Waals surface area contributed by atoms with Crippen molar-refractivity contribution in [3.63, 3.8) is 0 Å². The molecule has 0 saturated heterocycles. The molecule has 5 nitrogen and oxygen atoms in total. The van der Waals surface area contributed by atoms with Gasteiger partial charge in [-0.25, -0.2) is 4.79 Å². The highest BCUT2D eigenvalue weighted by molar-refractivity contribution is 6.07. The van der Waals surface area contributed by atoms with Gasteiger partial charge in [-0.2, -0.15) is 0 Å². The van der Waals surface area contributed by atoms with Gasteiger partial charge in [0.1, 0.15) is 5.54 Å². The normalized spacial score (nSPS) is 11.5. The van der Waals surface area contributed by atoms with Gasteiger partial charge in [0.25, 0.3) is 5.91 Å². The molecule has 0 aliphatic rings. The summed E-state index contributed by atoms with van der Waals surface area (Å²) < 4.78 is 0. The maximum atomic E-state index is 12.5. The molecule has 0 saturated carbocycles. The van der Waals surface area contributed by atoms with Crippen LogP contribution in [0.15, 0.2) is 30.5 Å². The predicted octanol–water partition coefficient (Wildman–Crippen LogP) is 2.10. The van der Waals surface area contributed by atoms with Gasteiger partial charge in [-0.15, -0.1) is 0 Å². The van der Waals surface area contributed by atoms with Crippen LogP contribution in [0.4, 0.5) is 0 Å². The summed E-state index contributed by atoms with van der Waals surface area (Å²) in [4.78, 5) is 27.9. The smallest absolute Gasteiger partial charge is 0.329 e. The number of carboxylic acids is 1. The number of rotatable bonds is 3. The Morgan fingerprint density at radius 3 is 2.58 bits per heavy atom. The standard InChI is InChI=1S/C14H16N2O3/c1-14(2,13(18)19)16(3)12(17)10-5-4-6-11-9(10)7-8-15-11/h4-8,15H,1-3H3,(H,18,19). The molecule has 0 radical (unpaired) electrons. The van der Waals surface area contributed by atoms with Gasteiger partial charge in [-0.1, -0.05) is 6.07 Å². The molecule has 0 fully saturated rings. The molecule has 2 aromatic rings. The average Bonchev–Trinajstić information content (AvgIpc) is 2.84. The van der Waals surface area contributed by atoms with Crippen LogP contribution >= 0.6 is 0 Å². The van der Waals surface area contributed by atoms with E-state index in [1.54, 1.807) is 18.3 Å². The number of H-pyrrole nitrogens is 1. The van der Waals surface area contributed by atoms with Crippen LogP contribution in [0.5, 0.6) is 0 Å². The van der Waals surface area contributed by atoms with E-state index in [0.717, 1.165) is 10.9 Å². The number of likely N-dealkylation sites (N-methyl/N-ethyl adjacent to an activating group) is 1. The van der Waals surface area contributed by atoms with Crippen molar-refractivity contribution in [2.24, 2.45) is 0 Å². The first-order valence-corrected chi connectivity index (χ1v) is 5.93. The van der Waals surface area contributed by atoms with E-state index in [4.69, 9.17) is 0 Å². The van der Waals surface area contributed by atoms with Gasteiger partial charge in [-0.05, 0) is 32.0 Å². The highest BCUT2D eigenvalue weighted by Crippen LogP contribution is 2.22. The van der Waals surface area contributed by atoms with Gasteiger partial charge in [0.15, 0.2) is 0 Å². The number of hydrogen-bond donors (Lipinski definition) is 2. The Kier molecular flexibility index (Phi) is 3.06. The highest BCUT2D eigenvalue weighted by atomic mass is 16.4. The molecular weight excluding hydrogens is 244 g/mol. The quantitative estimate of drug-likeness (QED) is 0.887. The number of nitrogens with zero attached hydrogens (tertiary/aromatic N) is 1. The number of carboxylic acid groups (broad SMARTS) is 1. The second kappa shape index (κ2) is 4.42. The van der Waals surface area contributed by atoms with Gasteiger partial charge in [0.2, 0.25) is 0 Å². The van der Waals surface area contributed by atoms with Crippen LogP contribution in [0.25, 0.3) is 10.9 Å². The first-order valence-electron chi connectivity index (χ1n) is 5.93. The van der Waals surface area contributed by atoms with Crippen molar-refractivity contribution < 1.29 is 14.7 Å². The Morgan fingerprint density at radius 2 is 1.95 bits per heavy atom. The minimum atomic E-state index is -1.25. The van der Waals surface area contributed by atoms with Crippen molar-refractivity contribution >= 4 is 22.8 Å². The number of aromatic nitrogens is 1. The highest BCUT2D eigenvalue weighted by Gasteiger charge is 2.35. The van der Waals surface area contributed by atoms with Crippen LogP contribution in [0.2, 0.25) is 0 Å². The van der Waals surface area contributed by atoms with Crippen LogP contribution < -0.4 is 0 Å². The van der Waals surface area contributed by atoms with E-state index in [2.05, 4.69) is 4.98 Å². The van der Waals surface area contributed by atoms with Gasteiger partial charge in [0.05, 0.1) is 0 Å². The van der Waals surface area contributed by atoms with Crippen LogP contribution in [0, 0.1) is 0 Å². The summed E-state index contributed by atoms with van der Waals surface area (Å²) >= 11 is 0. The van der Waals surface area contributed by atoms with E-state index in [-0.39, 0.29) is 5.91 Å².